The zero-order valence-corrected chi connectivity index (χ0v) is 13.6. The molecular formula is C14H21ClFNO2S. The second-order valence-electron chi connectivity index (χ2n) is 5.69. The first-order chi connectivity index (χ1) is 9.18. The molecule has 1 N–H and O–H groups in total. The highest BCUT2D eigenvalue weighted by atomic mass is 35.5. The van der Waals surface area contributed by atoms with Crippen LogP contribution in [0.25, 0.3) is 0 Å². The van der Waals surface area contributed by atoms with Crippen LogP contribution in [0.1, 0.15) is 32.3 Å². The number of alkyl halides is 1. The predicted octanol–water partition coefficient (Wildman–Crippen LogP) is 3.46. The van der Waals surface area contributed by atoms with Crippen molar-refractivity contribution in [2.75, 3.05) is 12.4 Å². The molecule has 20 heavy (non-hydrogen) atoms. The van der Waals surface area contributed by atoms with Crippen LogP contribution in [0.4, 0.5) is 4.39 Å². The van der Waals surface area contributed by atoms with Gasteiger partial charge in [0.1, 0.15) is 5.82 Å². The summed E-state index contributed by atoms with van der Waals surface area (Å²) in [6, 6.07) is 3.66. The highest BCUT2D eigenvalue weighted by molar-refractivity contribution is 7.89. The summed E-state index contributed by atoms with van der Waals surface area (Å²) < 4.78 is 40.1. The Hall–Kier alpha value is -0.650. The Balaban J connectivity index is 2.80. The van der Waals surface area contributed by atoms with E-state index in [1.54, 1.807) is 6.92 Å². The summed E-state index contributed by atoms with van der Waals surface area (Å²) in [6.45, 7) is 5.87. The molecule has 0 aliphatic carbocycles. The van der Waals surface area contributed by atoms with Gasteiger partial charge in [0.2, 0.25) is 10.0 Å². The highest BCUT2D eigenvalue weighted by Crippen LogP contribution is 2.23. The molecule has 6 heteroatoms. The average Bonchev–Trinajstić information content (AvgIpc) is 2.34. The molecule has 0 heterocycles. The van der Waals surface area contributed by atoms with Gasteiger partial charge in [0.15, 0.2) is 0 Å². The maximum atomic E-state index is 13.0. The molecule has 0 amide bonds. The number of nitrogens with one attached hydrogen (secondary N) is 1. The van der Waals surface area contributed by atoms with Gasteiger partial charge in [-0.05, 0) is 48.9 Å². The molecule has 0 saturated carbocycles. The van der Waals surface area contributed by atoms with E-state index in [4.69, 9.17) is 11.6 Å². The fourth-order valence-electron chi connectivity index (χ4n) is 1.92. The molecule has 0 fully saturated rings. The standard InChI is InChI=1S/C14H21ClFNO2S/c1-11-9-12(16)5-6-13(11)20(18,19)17-10-14(2,3)7-4-8-15/h5-6,9,17H,4,7-8,10H2,1-3H3. The van der Waals surface area contributed by atoms with Crippen LogP contribution in [0.3, 0.4) is 0 Å². The Morgan fingerprint density at radius 3 is 2.55 bits per heavy atom. The molecule has 1 aromatic rings. The minimum atomic E-state index is -3.62. The molecule has 0 aliphatic rings. The number of rotatable bonds is 7. The Morgan fingerprint density at radius 1 is 1.35 bits per heavy atom. The van der Waals surface area contributed by atoms with Crippen molar-refractivity contribution in [3.8, 4) is 0 Å². The number of sulfonamides is 1. The number of halogens is 2. The molecule has 114 valence electrons. The first-order valence-electron chi connectivity index (χ1n) is 6.50. The van der Waals surface area contributed by atoms with E-state index in [-0.39, 0.29) is 10.3 Å². The fourth-order valence-corrected chi connectivity index (χ4v) is 3.52. The van der Waals surface area contributed by atoms with E-state index in [0.717, 1.165) is 18.9 Å². The molecule has 1 rings (SSSR count). The van der Waals surface area contributed by atoms with Crippen molar-refractivity contribution in [1.29, 1.82) is 0 Å². The third-order valence-corrected chi connectivity index (χ3v) is 4.98. The van der Waals surface area contributed by atoms with Crippen LogP contribution in [0, 0.1) is 18.2 Å². The van der Waals surface area contributed by atoms with Crippen molar-refractivity contribution in [3.05, 3.63) is 29.6 Å². The lowest BCUT2D eigenvalue weighted by atomic mass is 9.88. The zero-order chi connectivity index (χ0) is 15.4. The van der Waals surface area contributed by atoms with E-state index in [1.807, 2.05) is 13.8 Å². The van der Waals surface area contributed by atoms with Gasteiger partial charge in [-0.25, -0.2) is 17.5 Å². The second-order valence-corrected chi connectivity index (χ2v) is 7.80. The van der Waals surface area contributed by atoms with E-state index < -0.39 is 15.8 Å². The fraction of sp³-hybridized carbons (Fsp3) is 0.571. The Morgan fingerprint density at radius 2 is 2.00 bits per heavy atom. The predicted molar refractivity (Wildman–Crippen MR) is 80.1 cm³/mol. The highest BCUT2D eigenvalue weighted by Gasteiger charge is 2.23. The molecular weight excluding hydrogens is 301 g/mol. The van der Waals surface area contributed by atoms with Gasteiger partial charge in [0.25, 0.3) is 0 Å². The van der Waals surface area contributed by atoms with E-state index in [2.05, 4.69) is 4.72 Å². The van der Waals surface area contributed by atoms with Crippen LogP contribution in [0.5, 0.6) is 0 Å². The topological polar surface area (TPSA) is 46.2 Å². The molecule has 0 bridgehead atoms. The summed E-state index contributed by atoms with van der Waals surface area (Å²) >= 11 is 5.65. The van der Waals surface area contributed by atoms with Gasteiger partial charge in [0.05, 0.1) is 4.90 Å². The van der Waals surface area contributed by atoms with Crippen molar-refractivity contribution in [1.82, 2.24) is 4.72 Å². The third-order valence-electron chi connectivity index (χ3n) is 3.15. The monoisotopic (exact) mass is 321 g/mol. The van der Waals surface area contributed by atoms with Crippen molar-refractivity contribution in [2.45, 2.75) is 38.5 Å². The number of benzene rings is 1. The SMILES string of the molecule is Cc1cc(F)ccc1S(=O)(=O)NCC(C)(C)CCCCl. The molecule has 0 aliphatic heterocycles. The summed E-state index contributed by atoms with van der Waals surface area (Å²) in [4.78, 5) is 0.118. The van der Waals surface area contributed by atoms with Crippen molar-refractivity contribution < 1.29 is 12.8 Å². The average molecular weight is 322 g/mol. The first kappa shape index (κ1) is 17.4. The van der Waals surface area contributed by atoms with E-state index >= 15 is 0 Å². The molecule has 3 nitrogen and oxygen atoms in total. The van der Waals surface area contributed by atoms with Gasteiger partial charge in [-0.1, -0.05) is 13.8 Å². The minimum Gasteiger partial charge on any atom is -0.211 e. The lowest BCUT2D eigenvalue weighted by molar-refractivity contribution is 0.331. The maximum Gasteiger partial charge on any atom is 0.240 e. The quantitative estimate of drug-likeness (QED) is 0.782. The number of hydrogen-bond donors (Lipinski definition) is 1. The third kappa shape index (κ3) is 5.04. The molecule has 0 atom stereocenters. The van der Waals surface area contributed by atoms with Gasteiger partial charge in [-0.2, -0.15) is 0 Å². The van der Waals surface area contributed by atoms with Crippen LogP contribution >= 0.6 is 11.6 Å². The Bertz CT molecular complexity index is 558. The van der Waals surface area contributed by atoms with E-state index in [0.29, 0.717) is 18.0 Å². The Kier molecular flexibility index (Phi) is 5.98. The molecule has 0 saturated heterocycles. The lowest BCUT2D eigenvalue weighted by Crippen LogP contribution is -2.34. The van der Waals surface area contributed by atoms with Crippen LogP contribution in [-0.2, 0) is 10.0 Å². The van der Waals surface area contributed by atoms with E-state index in [1.165, 1.54) is 12.1 Å². The van der Waals surface area contributed by atoms with Gasteiger partial charge in [0, 0.05) is 12.4 Å². The maximum absolute atomic E-state index is 13.0. The largest absolute Gasteiger partial charge is 0.240 e. The van der Waals surface area contributed by atoms with Crippen molar-refractivity contribution >= 4 is 21.6 Å². The summed E-state index contributed by atoms with van der Waals surface area (Å²) in [5.74, 6) is 0.122. The van der Waals surface area contributed by atoms with Crippen molar-refractivity contribution in [2.24, 2.45) is 5.41 Å². The van der Waals surface area contributed by atoms with Crippen LogP contribution in [0.2, 0.25) is 0 Å². The second kappa shape index (κ2) is 6.87. The minimum absolute atomic E-state index is 0.118. The first-order valence-corrected chi connectivity index (χ1v) is 8.51. The number of hydrogen-bond acceptors (Lipinski definition) is 2. The number of aryl methyl sites for hydroxylation is 1. The smallest absolute Gasteiger partial charge is 0.211 e. The van der Waals surface area contributed by atoms with Crippen LogP contribution in [-0.4, -0.2) is 20.8 Å². The molecule has 0 spiro atoms. The summed E-state index contributed by atoms with van der Waals surface area (Å²) in [7, 11) is -3.62. The van der Waals surface area contributed by atoms with E-state index in [9.17, 15) is 12.8 Å². The molecule has 0 radical (unpaired) electrons. The molecule has 1 aromatic carbocycles. The summed E-state index contributed by atoms with van der Waals surface area (Å²) in [5.41, 5.74) is 0.228. The van der Waals surface area contributed by atoms with Crippen molar-refractivity contribution in [3.63, 3.8) is 0 Å². The Labute approximate surface area is 125 Å². The molecule has 0 aromatic heterocycles. The molecule has 0 unspecified atom stereocenters. The normalized spacial score (nSPS) is 12.7. The zero-order valence-electron chi connectivity index (χ0n) is 12.0. The van der Waals surface area contributed by atoms with Crippen LogP contribution in [0.15, 0.2) is 23.1 Å². The van der Waals surface area contributed by atoms with Gasteiger partial charge in [-0.3, -0.25) is 0 Å². The summed E-state index contributed by atoms with van der Waals surface area (Å²) in [5, 5.41) is 0. The van der Waals surface area contributed by atoms with Crippen LogP contribution < -0.4 is 4.72 Å². The van der Waals surface area contributed by atoms with Gasteiger partial charge in [-0.15, -0.1) is 11.6 Å². The van der Waals surface area contributed by atoms with Gasteiger partial charge >= 0.3 is 0 Å². The van der Waals surface area contributed by atoms with Gasteiger partial charge < -0.3 is 0 Å². The lowest BCUT2D eigenvalue weighted by Gasteiger charge is -2.24. The summed E-state index contributed by atoms with van der Waals surface area (Å²) in [6.07, 6.45) is 1.67.